The number of amides is 1. The van der Waals surface area contributed by atoms with E-state index in [1.165, 1.54) is 0 Å². The molecule has 5 heteroatoms. The number of alkyl halides is 1. The van der Waals surface area contributed by atoms with Gasteiger partial charge in [0, 0.05) is 12.3 Å². The van der Waals surface area contributed by atoms with E-state index >= 15 is 0 Å². The van der Waals surface area contributed by atoms with Crippen LogP contribution in [0.15, 0.2) is 34.7 Å². The first kappa shape index (κ1) is 14.8. The third kappa shape index (κ3) is 2.93. The molecule has 4 nitrogen and oxygen atoms in total. The number of aryl methyl sites for hydroxylation is 2. The van der Waals surface area contributed by atoms with Gasteiger partial charge in [0.1, 0.15) is 0 Å². The molecule has 0 saturated carbocycles. The van der Waals surface area contributed by atoms with Crippen molar-refractivity contribution >= 4 is 21.8 Å². The van der Waals surface area contributed by atoms with Crippen molar-refractivity contribution in [3.05, 3.63) is 53.2 Å². The Morgan fingerprint density at radius 1 is 1.35 bits per heavy atom. The predicted octanol–water partition coefficient (Wildman–Crippen LogP) is 3.33. The first-order valence-electron chi connectivity index (χ1n) is 6.34. The van der Waals surface area contributed by atoms with Crippen molar-refractivity contribution in [3.8, 4) is 0 Å². The number of nitrogens with zero attached hydrogens (tertiary/aromatic N) is 1. The van der Waals surface area contributed by atoms with Gasteiger partial charge in [0.25, 0.3) is 5.91 Å². The highest BCUT2D eigenvalue weighted by atomic mass is 79.9. The second kappa shape index (κ2) is 5.79. The molecule has 106 valence electrons. The molecular formula is C15H17BrN2O2. The predicted molar refractivity (Wildman–Crippen MR) is 81.0 cm³/mol. The van der Waals surface area contributed by atoms with E-state index in [0.717, 1.165) is 5.56 Å². The van der Waals surface area contributed by atoms with E-state index < -0.39 is 5.54 Å². The van der Waals surface area contributed by atoms with Gasteiger partial charge in [0.05, 0.1) is 11.2 Å². The lowest BCUT2D eigenvalue weighted by atomic mass is 9.94. The van der Waals surface area contributed by atoms with Crippen LogP contribution < -0.4 is 5.32 Å². The molecule has 0 spiro atoms. The van der Waals surface area contributed by atoms with Crippen molar-refractivity contribution in [1.82, 2.24) is 10.3 Å². The van der Waals surface area contributed by atoms with E-state index in [2.05, 4.69) is 26.2 Å². The molecule has 0 aliphatic rings. The number of carbonyl (C=O) groups is 1. The molecule has 0 fully saturated rings. The topological polar surface area (TPSA) is 55.1 Å². The smallest absolute Gasteiger partial charge is 0.289 e. The van der Waals surface area contributed by atoms with Crippen molar-refractivity contribution in [3.63, 3.8) is 0 Å². The average molecular weight is 337 g/mol. The van der Waals surface area contributed by atoms with E-state index in [1.54, 1.807) is 13.8 Å². The van der Waals surface area contributed by atoms with Crippen LogP contribution in [-0.2, 0) is 5.54 Å². The maximum atomic E-state index is 12.4. The largest absolute Gasteiger partial charge is 0.436 e. The number of oxazole rings is 1. The Morgan fingerprint density at radius 2 is 2.00 bits per heavy atom. The van der Waals surface area contributed by atoms with Gasteiger partial charge in [-0.25, -0.2) is 4.98 Å². The maximum absolute atomic E-state index is 12.4. The molecule has 1 amide bonds. The summed E-state index contributed by atoms with van der Waals surface area (Å²) in [5, 5.41) is 3.61. The highest BCUT2D eigenvalue weighted by Crippen LogP contribution is 2.24. The van der Waals surface area contributed by atoms with Gasteiger partial charge in [-0.3, -0.25) is 4.79 Å². The van der Waals surface area contributed by atoms with Crippen LogP contribution in [0.3, 0.4) is 0 Å². The third-order valence-electron chi connectivity index (χ3n) is 3.18. The molecule has 0 radical (unpaired) electrons. The highest BCUT2D eigenvalue weighted by molar-refractivity contribution is 9.09. The van der Waals surface area contributed by atoms with Crippen molar-refractivity contribution < 1.29 is 9.21 Å². The molecule has 1 N–H and O–H groups in total. The third-order valence-corrected chi connectivity index (χ3v) is 4.30. The quantitative estimate of drug-likeness (QED) is 0.871. The number of carbonyl (C=O) groups excluding carboxylic acids is 1. The van der Waals surface area contributed by atoms with Gasteiger partial charge in [-0.15, -0.1) is 0 Å². The van der Waals surface area contributed by atoms with E-state index in [9.17, 15) is 4.79 Å². The minimum Gasteiger partial charge on any atom is -0.436 e. The lowest BCUT2D eigenvalue weighted by Crippen LogP contribution is -2.45. The number of aromatic nitrogens is 1. The lowest BCUT2D eigenvalue weighted by Gasteiger charge is -2.29. The molecule has 1 heterocycles. The Morgan fingerprint density at radius 3 is 2.50 bits per heavy atom. The van der Waals surface area contributed by atoms with Gasteiger partial charge in [-0.2, -0.15) is 0 Å². The summed E-state index contributed by atoms with van der Waals surface area (Å²) in [6.45, 7) is 5.46. The average Bonchev–Trinajstić information content (AvgIpc) is 2.78. The Balaban J connectivity index is 2.26. The van der Waals surface area contributed by atoms with Crippen molar-refractivity contribution in [1.29, 1.82) is 0 Å². The van der Waals surface area contributed by atoms with E-state index in [1.807, 2.05) is 37.3 Å². The Kier molecular flexibility index (Phi) is 4.28. The number of hydrogen-bond donors (Lipinski definition) is 1. The van der Waals surface area contributed by atoms with E-state index in [0.29, 0.717) is 16.9 Å². The first-order chi connectivity index (χ1) is 9.46. The molecule has 0 bridgehead atoms. The van der Waals surface area contributed by atoms with Crippen LogP contribution in [-0.4, -0.2) is 16.2 Å². The fourth-order valence-electron chi connectivity index (χ4n) is 2.04. The number of benzene rings is 1. The van der Waals surface area contributed by atoms with Crippen molar-refractivity contribution in [2.24, 2.45) is 0 Å². The summed E-state index contributed by atoms with van der Waals surface area (Å²) in [5.41, 5.74) is 1.12. The zero-order chi connectivity index (χ0) is 14.8. The maximum Gasteiger partial charge on any atom is 0.289 e. The highest BCUT2D eigenvalue weighted by Gasteiger charge is 2.29. The molecular weight excluding hydrogens is 320 g/mol. The summed E-state index contributed by atoms with van der Waals surface area (Å²) in [5.74, 6) is 0.507. The van der Waals surface area contributed by atoms with Crippen LogP contribution in [0.25, 0.3) is 0 Å². The first-order valence-corrected chi connectivity index (χ1v) is 7.46. The van der Waals surface area contributed by atoms with Crippen molar-refractivity contribution in [2.45, 2.75) is 26.3 Å². The molecule has 0 saturated heterocycles. The fraction of sp³-hybridized carbons (Fsp3) is 0.333. The van der Waals surface area contributed by atoms with Crippen LogP contribution in [0.4, 0.5) is 0 Å². The van der Waals surface area contributed by atoms with Gasteiger partial charge in [-0.1, -0.05) is 46.3 Å². The monoisotopic (exact) mass is 336 g/mol. The summed E-state index contributed by atoms with van der Waals surface area (Å²) < 4.78 is 5.36. The Hall–Kier alpha value is -1.62. The molecule has 0 aliphatic carbocycles. The Labute approximate surface area is 126 Å². The lowest BCUT2D eigenvalue weighted by molar-refractivity contribution is 0.0883. The second-order valence-corrected chi connectivity index (χ2v) is 5.49. The van der Waals surface area contributed by atoms with E-state index in [4.69, 9.17) is 4.42 Å². The molecule has 0 aliphatic heterocycles. The second-order valence-electron chi connectivity index (χ2n) is 4.93. The number of halogens is 1. The summed E-state index contributed by atoms with van der Waals surface area (Å²) >= 11 is 3.47. The zero-order valence-corrected chi connectivity index (χ0v) is 13.3. The number of rotatable bonds is 4. The van der Waals surface area contributed by atoms with Crippen LogP contribution in [0.5, 0.6) is 0 Å². The zero-order valence-electron chi connectivity index (χ0n) is 11.7. The summed E-state index contributed by atoms with van der Waals surface area (Å²) in [7, 11) is 0. The minimum atomic E-state index is -0.508. The van der Waals surface area contributed by atoms with E-state index in [-0.39, 0.29) is 11.7 Å². The summed E-state index contributed by atoms with van der Waals surface area (Å²) in [6, 6.07) is 9.82. The van der Waals surface area contributed by atoms with Crippen LogP contribution in [0, 0.1) is 13.8 Å². The van der Waals surface area contributed by atoms with Gasteiger partial charge < -0.3 is 9.73 Å². The van der Waals surface area contributed by atoms with Gasteiger partial charge in [-0.05, 0) is 19.4 Å². The van der Waals surface area contributed by atoms with Gasteiger partial charge >= 0.3 is 0 Å². The molecule has 1 aromatic heterocycles. The number of nitrogens with one attached hydrogen (secondary N) is 1. The van der Waals surface area contributed by atoms with Crippen molar-refractivity contribution in [2.75, 3.05) is 5.33 Å². The van der Waals surface area contributed by atoms with Crippen LogP contribution >= 0.6 is 15.9 Å². The molecule has 1 unspecified atom stereocenters. The molecule has 2 rings (SSSR count). The SMILES string of the molecule is Cc1nc(C)c(C(=O)NC(C)(CBr)c2ccccc2)o1. The van der Waals surface area contributed by atoms with Gasteiger partial charge in [0.15, 0.2) is 5.89 Å². The van der Waals surface area contributed by atoms with Crippen LogP contribution in [0.1, 0.15) is 34.6 Å². The van der Waals surface area contributed by atoms with Gasteiger partial charge in [0.2, 0.25) is 5.76 Å². The fourth-order valence-corrected chi connectivity index (χ4v) is 2.50. The standard InChI is InChI=1S/C15H17BrN2O2/c1-10-13(20-11(2)17-10)14(19)18-15(3,9-16)12-7-5-4-6-8-12/h4-8H,9H2,1-3H3,(H,18,19). The van der Waals surface area contributed by atoms with Crippen LogP contribution in [0.2, 0.25) is 0 Å². The Bertz CT molecular complexity index is 610. The molecule has 1 aromatic carbocycles. The summed E-state index contributed by atoms with van der Waals surface area (Å²) in [4.78, 5) is 16.5. The minimum absolute atomic E-state index is 0.256. The number of hydrogen-bond acceptors (Lipinski definition) is 3. The molecule has 2 aromatic rings. The molecule has 1 atom stereocenters. The summed E-state index contributed by atoms with van der Waals surface area (Å²) in [6.07, 6.45) is 0. The molecule has 20 heavy (non-hydrogen) atoms. The normalized spacial score (nSPS) is 13.8.